The highest BCUT2D eigenvalue weighted by molar-refractivity contribution is 7.13. The van der Waals surface area contributed by atoms with Gasteiger partial charge in [0.25, 0.3) is 0 Å². The first-order chi connectivity index (χ1) is 15.6. The minimum atomic E-state index is -0.356. The van der Waals surface area contributed by atoms with Gasteiger partial charge < -0.3 is 29.7 Å². The molecule has 1 aromatic heterocycles. The Morgan fingerprint density at radius 3 is 2.81 bits per heavy atom. The SMILES string of the molecule is O=C(CN(C(=O)CCC(=O)Nc1nccs1)c1ccc2c(c1)OCO2)NC[C@H]1CCCO1. The molecule has 0 radical (unpaired) electrons. The molecular formula is C21H24N4O6S. The molecule has 2 aliphatic rings. The lowest BCUT2D eigenvalue weighted by Gasteiger charge is -2.23. The molecule has 1 aromatic carbocycles. The standard InChI is InChI=1S/C21H24N4O6S/c26-18(24-21-22-7-9-32-21)5-6-20(28)25(12-19(27)23-11-15-2-1-8-29-15)14-3-4-16-17(10-14)31-13-30-16/h3-4,7,9-10,15H,1-2,5-6,8,11-13H2,(H,23,27)(H,22,24,26)/t15-/m1/s1. The molecule has 11 heteroatoms. The van der Waals surface area contributed by atoms with Crippen LogP contribution < -0.4 is 25.0 Å². The van der Waals surface area contributed by atoms with Gasteiger partial charge in [-0.15, -0.1) is 11.3 Å². The summed E-state index contributed by atoms with van der Waals surface area (Å²) in [5.41, 5.74) is 0.492. The van der Waals surface area contributed by atoms with Crippen LogP contribution in [0.5, 0.6) is 11.5 Å². The molecule has 170 valence electrons. The second-order valence-electron chi connectivity index (χ2n) is 7.34. The lowest BCUT2D eigenvalue weighted by molar-refractivity contribution is -0.125. The van der Waals surface area contributed by atoms with Gasteiger partial charge in [-0.25, -0.2) is 4.98 Å². The molecule has 1 atom stereocenters. The third-order valence-electron chi connectivity index (χ3n) is 5.07. The summed E-state index contributed by atoms with van der Waals surface area (Å²) in [6, 6.07) is 5.04. The Kier molecular flexibility index (Phi) is 7.17. The van der Waals surface area contributed by atoms with E-state index in [1.54, 1.807) is 29.8 Å². The quantitative estimate of drug-likeness (QED) is 0.587. The Balaban J connectivity index is 1.39. The number of fused-ring (bicyclic) bond motifs is 1. The number of rotatable bonds is 9. The molecule has 0 spiro atoms. The number of benzene rings is 1. The predicted octanol–water partition coefficient (Wildman–Crippen LogP) is 1.92. The number of hydrogen-bond donors (Lipinski definition) is 2. The number of thiazole rings is 1. The molecule has 0 aliphatic carbocycles. The van der Waals surface area contributed by atoms with E-state index < -0.39 is 0 Å². The number of amides is 3. The maximum absolute atomic E-state index is 13.0. The first-order valence-electron chi connectivity index (χ1n) is 10.4. The van der Waals surface area contributed by atoms with Crippen LogP contribution in [0.4, 0.5) is 10.8 Å². The Bertz CT molecular complexity index is 961. The molecular weight excluding hydrogens is 436 g/mol. The molecule has 10 nitrogen and oxygen atoms in total. The van der Waals surface area contributed by atoms with Gasteiger partial charge in [0.05, 0.1) is 6.10 Å². The van der Waals surface area contributed by atoms with Crippen LogP contribution in [0.25, 0.3) is 0 Å². The summed E-state index contributed by atoms with van der Waals surface area (Å²) in [7, 11) is 0. The maximum Gasteiger partial charge on any atom is 0.240 e. The Hall–Kier alpha value is -3.18. The summed E-state index contributed by atoms with van der Waals surface area (Å²) in [5.74, 6) is 0.0966. The molecule has 1 saturated heterocycles. The lowest BCUT2D eigenvalue weighted by Crippen LogP contribution is -2.43. The number of nitrogens with one attached hydrogen (secondary N) is 2. The highest BCUT2D eigenvalue weighted by atomic mass is 32.1. The van der Waals surface area contributed by atoms with E-state index in [0.29, 0.717) is 35.5 Å². The summed E-state index contributed by atoms with van der Waals surface area (Å²) in [5, 5.41) is 7.70. The number of carbonyl (C=O) groups excluding carboxylic acids is 3. The van der Waals surface area contributed by atoms with Gasteiger partial charge in [-0.3, -0.25) is 14.4 Å². The van der Waals surface area contributed by atoms with Crippen LogP contribution in [0.3, 0.4) is 0 Å². The van der Waals surface area contributed by atoms with Crippen molar-refractivity contribution in [3.63, 3.8) is 0 Å². The summed E-state index contributed by atoms with van der Waals surface area (Å²) in [6.07, 6.45) is 3.37. The summed E-state index contributed by atoms with van der Waals surface area (Å²) in [6.45, 7) is 1.02. The van der Waals surface area contributed by atoms with Crippen molar-refractivity contribution < 1.29 is 28.6 Å². The third-order valence-corrected chi connectivity index (χ3v) is 5.75. The van der Waals surface area contributed by atoms with Crippen LogP contribution in [0, 0.1) is 0 Å². The smallest absolute Gasteiger partial charge is 0.240 e. The normalized spacial score (nSPS) is 16.6. The van der Waals surface area contributed by atoms with E-state index >= 15 is 0 Å². The first kappa shape index (κ1) is 22.0. The molecule has 2 N–H and O–H groups in total. The van der Waals surface area contributed by atoms with Crippen LogP contribution >= 0.6 is 11.3 Å². The fourth-order valence-corrected chi connectivity index (χ4v) is 3.98. The van der Waals surface area contributed by atoms with Gasteiger partial charge in [-0.1, -0.05) is 0 Å². The number of carbonyl (C=O) groups is 3. The van der Waals surface area contributed by atoms with Crippen molar-refractivity contribution >= 4 is 39.9 Å². The topological polar surface area (TPSA) is 119 Å². The van der Waals surface area contributed by atoms with E-state index in [9.17, 15) is 14.4 Å². The van der Waals surface area contributed by atoms with Crippen LogP contribution in [0.2, 0.25) is 0 Å². The zero-order chi connectivity index (χ0) is 22.3. The number of ether oxygens (including phenoxy) is 3. The fraction of sp³-hybridized carbons (Fsp3) is 0.429. The zero-order valence-corrected chi connectivity index (χ0v) is 18.2. The van der Waals surface area contributed by atoms with Gasteiger partial charge in [0, 0.05) is 49.3 Å². The summed E-state index contributed by atoms with van der Waals surface area (Å²) < 4.78 is 16.2. The Morgan fingerprint density at radius 1 is 1.16 bits per heavy atom. The van der Waals surface area contributed by atoms with Crippen molar-refractivity contribution in [1.29, 1.82) is 0 Å². The van der Waals surface area contributed by atoms with Crippen LogP contribution in [0.1, 0.15) is 25.7 Å². The largest absolute Gasteiger partial charge is 0.454 e. The molecule has 0 unspecified atom stereocenters. The van der Waals surface area contributed by atoms with Crippen molar-refractivity contribution in [3.8, 4) is 11.5 Å². The summed E-state index contributed by atoms with van der Waals surface area (Å²) in [4.78, 5) is 43.1. The Labute approximate surface area is 188 Å². The second kappa shape index (κ2) is 10.4. The molecule has 4 rings (SSSR count). The van der Waals surface area contributed by atoms with Crippen molar-refractivity contribution in [3.05, 3.63) is 29.8 Å². The van der Waals surface area contributed by atoms with Gasteiger partial charge in [0.2, 0.25) is 24.5 Å². The van der Waals surface area contributed by atoms with Crippen LogP contribution in [-0.2, 0) is 19.1 Å². The monoisotopic (exact) mass is 460 g/mol. The van der Waals surface area contributed by atoms with Crippen molar-refractivity contribution in [1.82, 2.24) is 10.3 Å². The number of nitrogens with zero attached hydrogens (tertiary/aromatic N) is 2. The van der Waals surface area contributed by atoms with E-state index in [0.717, 1.165) is 12.8 Å². The van der Waals surface area contributed by atoms with Gasteiger partial charge >= 0.3 is 0 Å². The second-order valence-corrected chi connectivity index (χ2v) is 8.24. The average Bonchev–Trinajstić information content (AvgIpc) is 3.56. The fourth-order valence-electron chi connectivity index (χ4n) is 3.43. The number of anilines is 2. The summed E-state index contributed by atoms with van der Waals surface area (Å²) >= 11 is 1.30. The number of hydrogen-bond acceptors (Lipinski definition) is 8. The van der Waals surface area contributed by atoms with Crippen molar-refractivity contribution in [2.24, 2.45) is 0 Å². The van der Waals surface area contributed by atoms with E-state index in [1.807, 2.05) is 0 Å². The third kappa shape index (κ3) is 5.74. The van der Waals surface area contributed by atoms with Gasteiger partial charge in [0.1, 0.15) is 6.54 Å². The maximum atomic E-state index is 13.0. The molecule has 0 saturated carbocycles. The lowest BCUT2D eigenvalue weighted by atomic mass is 10.2. The van der Waals surface area contributed by atoms with E-state index in [-0.39, 0.29) is 50.0 Å². The van der Waals surface area contributed by atoms with Crippen LogP contribution in [-0.4, -0.2) is 55.3 Å². The minimum Gasteiger partial charge on any atom is -0.454 e. The molecule has 2 aliphatic heterocycles. The van der Waals surface area contributed by atoms with Gasteiger partial charge in [-0.05, 0) is 25.0 Å². The molecule has 32 heavy (non-hydrogen) atoms. The van der Waals surface area contributed by atoms with Crippen LogP contribution in [0.15, 0.2) is 29.8 Å². The molecule has 3 heterocycles. The highest BCUT2D eigenvalue weighted by Crippen LogP contribution is 2.35. The van der Waals surface area contributed by atoms with E-state index in [1.165, 1.54) is 16.2 Å². The zero-order valence-electron chi connectivity index (χ0n) is 17.4. The van der Waals surface area contributed by atoms with Gasteiger partial charge in [-0.2, -0.15) is 0 Å². The van der Waals surface area contributed by atoms with Crippen molar-refractivity contribution in [2.75, 3.05) is 36.7 Å². The molecule has 2 aromatic rings. The number of aromatic nitrogens is 1. The van der Waals surface area contributed by atoms with E-state index in [2.05, 4.69) is 15.6 Å². The predicted molar refractivity (Wildman–Crippen MR) is 117 cm³/mol. The average molecular weight is 461 g/mol. The first-order valence-corrected chi connectivity index (χ1v) is 11.2. The van der Waals surface area contributed by atoms with Crippen molar-refractivity contribution in [2.45, 2.75) is 31.8 Å². The molecule has 0 bridgehead atoms. The van der Waals surface area contributed by atoms with E-state index in [4.69, 9.17) is 14.2 Å². The Morgan fingerprint density at radius 2 is 2.03 bits per heavy atom. The minimum absolute atomic E-state index is 0.00296. The highest BCUT2D eigenvalue weighted by Gasteiger charge is 2.24. The molecule has 1 fully saturated rings. The molecule has 3 amide bonds. The van der Waals surface area contributed by atoms with Gasteiger partial charge in [0.15, 0.2) is 16.6 Å².